The summed E-state index contributed by atoms with van der Waals surface area (Å²) in [5, 5.41) is 15.0. The van der Waals surface area contributed by atoms with Crippen LogP contribution in [0.3, 0.4) is 0 Å². The van der Waals surface area contributed by atoms with E-state index in [9.17, 15) is 0 Å². The normalized spacial score (nSPS) is 11.0. The first-order valence-corrected chi connectivity index (χ1v) is 8.69. The van der Waals surface area contributed by atoms with E-state index in [1.54, 1.807) is 24.5 Å². The molecular formula is C21H15ClN4O. The van der Waals surface area contributed by atoms with Crippen LogP contribution in [0.15, 0.2) is 84.1 Å². The SMILES string of the molecule is Clc1ccc(Oc2cccc(C=NNc3nncc4ccccc34)c2)cc1. The fourth-order valence-electron chi connectivity index (χ4n) is 2.58. The molecule has 3 aromatic carbocycles. The lowest BCUT2D eigenvalue weighted by atomic mass is 10.2. The number of nitrogens with zero attached hydrogens (tertiary/aromatic N) is 3. The second kappa shape index (κ2) is 7.85. The zero-order valence-electron chi connectivity index (χ0n) is 14.2. The summed E-state index contributed by atoms with van der Waals surface area (Å²) < 4.78 is 5.83. The molecule has 0 spiro atoms. The van der Waals surface area contributed by atoms with Gasteiger partial charge >= 0.3 is 0 Å². The molecule has 0 saturated heterocycles. The summed E-state index contributed by atoms with van der Waals surface area (Å²) in [6, 6.07) is 22.7. The standard InChI is InChI=1S/C21H15ClN4O/c22-17-8-10-18(11-9-17)27-19-6-3-4-15(12-19)13-23-25-21-20-7-2-1-5-16(20)14-24-26-21/h1-14H,(H,25,26). The van der Waals surface area contributed by atoms with Crippen LogP contribution in [-0.4, -0.2) is 16.4 Å². The molecule has 0 fully saturated rings. The molecule has 1 aromatic heterocycles. The number of benzene rings is 3. The largest absolute Gasteiger partial charge is 0.457 e. The van der Waals surface area contributed by atoms with Crippen LogP contribution in [0.1, 0.15) is 5.56 Å². The Morgan fingerprint density at radius 3 is 2.67 bits per heavy atom. The number of halogens is 1. The first-order chi connectivity index (χ1) is 13.3. The Hall–Kier alpha value is -3.44. The van der Waals surface area contributed by atoms with Crippen molar-refractivity contribution in [1.29, 1.82) is 0 Å². The van der Waals surface area contributed by atoms with Gasteiger partial charge in [0.2, 0.25) is 0 Å². The Labute approximate surface area is 161 Å². The molecule has 0 bridgehead atoms. The highest BCUT2D eigenvalue weighted by Crippen LogP contribution is 2.23. The molecule has 0 aliphatic heterocycles. The fourth-order valence-corrected chi connectivity index (χ4v) is 2.70. The fraction of sp³-hybridized carbons (Fsp3) is 0. The van der Waals surface area contributed by atoms with Gasteiger partial charge in [0.25, 0.3) is 0 Å². The van der Waals surface area contributed by atoms with Gasteiger partial charge in [-0.25, -0.2) is 0 Å². The molecule has 0 unspecified atom stereocenters. The van der Waals surface area contributed by atoms with Crippen molar-refractivity contribution in [3.63, 3.8) is 0 Å². The van der Waals surface area contributed by atoms with Gasteiger partial charge in [-0.2, -0.15) is 10.2 Å². The van der Waals surface area contributed by atoms with Crippen LogP contribution in [0.5, 0.6) is 11.5 Å². The Balaban J connectivity index is 1.48. The van der Waals surface area contributed by atoms with Gasteiger partial charge in [0.05, 0.1) is 12.4 Å². The van der Waals surface area contributed by atoms with Crippen molar-refractivity contribution in [3.05, 3.63) is 89.6 Å². The Bertz CT molecular complexity index is 1090. The molecule has 0 aliphatic carbocycles. The zero-order chi connectivity index (χ0) is 18.5. The maximum atomic E-state index is 5.89. The molecule has 4 rings (SSSR count). The van der Waals surface area contributed by atoms with Crippen LogP contribution in [-0.2, 0) is 0 Å². The Kier molecular flexibility index (Phi) is 4.94. The number of nitrogens with one attached hydrogen (secondary N) is 1. The number of ether oxygens (including phenoxy) is 1. The van der Waals surface area contributed by atoms with E-state index in [1.807, 2.05) is 60.7 Å². The van der Waals surface area contributed by atoms with E-state index < -0.39 is 0 Å². The lowest BCUT2D eigenvalue weighted by Crippen LogP contribution is -1.96. The Morgan fingerprint density at radius 2 is 1.78 bits per heavy atom. The lowest BCUT2D eigenvalue weighted by molar-refractivity contribution is 0.482. The molecule has 4 aromatic rings. The summed E-state index contributed by atoms with van der Waals surface area (Å²) in [5.74, 6) is 2.04. The third-order valence-electron chi connectivity index (χ3n) is 3.86. The van der Waals surface area contributed by atoms with Crippen molar-refractivity contribution >= 4 is 34.4 Å². The van der Waals surface area contributed by atoms with Gasteiger partial charge in [-0.1, -0.05) is 48.0 Å². The summed E-state index contributed by atoms with van der Waals surface area (Å²) in [6.07, 6.45) is 3.43. The lowest BCUT2D eigenvalue weighted by Gasteiger charge is -2.06. The van der Waals surface area contributed by atoms with E-state index in [2.05, 4.69) is 20.7 Å². The number of hydrogen-bond donors (Lipinski definition) is 1. The van der Waals surface area contributed by atoms with Crippen molar-refractivity contribution in [2.45, 2.75) is 0 Å². The molecule has 0 aliphatic rings. The molecule has 0 saturated carbocycles. The highest BCUT2D eigenvalue weighted by atomic mass is 35.5. The minimum absolute atomic E-state index is 0.609. The average molecular weight is 375 g/mol. The zero-order valence-corrected chi connectivity index (χ0v) is 15.0. The van der Waals surface area contributed by atoms with Crippen molar-refractivity contribution in [2.75, 3.05) is 5.43 Å². The number of fused-ring (bicyclic) bond motifs is 1. The molecule has 132 valence electrons. The van der Waals surface area contributed by atoms with Crippen molar-refractivity contribution in [2.24, 2.45) is 5.10 Å². The first-order valence-electron chi connectivity index (χ1n) is 8.31. The molecule has 0 amide bonds. The van der Waals surface area contributed by atoms with Gasteiger partial charge in [0, 0.05) is 15.8 Å². The van der Waals surface area contributed by atoms with Gasteiger partial charge in [-0.05, 0) is 42.0 Å². The second-order valence-corrected chi connectivity index (χ2v) is 6.22. The topological polar surface area (TPSA) is 59.4 Å². The summed E-state index contributed by atoms with van der Waals surface area (Å²) in [6.45, 7) is 0. The third kappa shape index (κ3) is 4.22. The van der Waals surface area contributed by atoms with Crippen molar-refractivity contribution in [3.8, 4) is 11.5 Å². The highest BCUT2D eigenvalue weighted by Gasteiger charge is 2.01. The summed E-state index contributed by atoms with van der Waals surface area (Å²) in [7, 11) is 0. The predicted molar refractivity (Wildman–Crippen MR) is 109 cm³/mol. The van der Waals surface area contributed by atoms with E-state index in [0.29, 0.717) is 16.6 Å². The van der Waals surface area contributed by atoms with E-state index in [-0.39, 0.29) is 0 Å². The number of aromatic nitrogens is 2. The summed E-state index contributed by atoms with van der Waals surface area (Å²) in [4.78, 5) is 0. The molecule has 0 radical (unpaired) electrons. The van der Waals surface area contributed by atoms with Gasteiger partial charge < -0.3 is 4.74 Å². The molecule has 27 heavy (non-hydrogen) atoms. The monoisotopic (exact) mass is 374 g/mol. The maximum absolute atomic E-state index is 5.89. The first kappa shape index (κ1) is 17.0. The molecular weight excluding hydrogens is 360 g/mol. The smallest absolute Gasteiger partial charge is 0.176 e. The van der Waals surface area contributed by atoms with Crippen molar-refractivity contribution in [1.82, 2.24) is 10.2 Å². The minimum atomic E-state index is 0.609. The maximum Gasteiger partial charge on any atom is 0.176 e. The van der Waals surface area contributed by atoms with Gasteiger partial charge in [0.15, 0.2) is 5.82 Å². The quantitative estimate of drug-likeness (QED) is 0.369. The molecule has 0 atom stereocenters. The van der Waals surface area contributed by atoms with Crippen LogP contribution in [0.4, 0.5) is 5.82 Å². The van der Waals surface area contributed by atoms with E-state index in [4.69, 9.17) is 16.3 Å². The second-order valence-electron chi connectivity index (χ2n) is 5.78. The Morgan fingerprint density at radius 1 is 0.926 bits per heavy atom. The van der Waals surface area contributed by atoms with Crippen LogP contribution in [0.2, 0.25) is 5.02 Å². The number of hydrogen-bond acceptors (Lipinski definition) is 5. The van der Waals surface area contributed by atoms with Crippen LogP contribution >= 0.6 is 11.6 Å². The summed E-state index contributed by atoms with van der Waals surface area (Å²) >= 11 is 5.89. The van der Waals surface area contributed by atoms with E-state index >= 15 is 0 Å². The van der Waals surface area contributed by atoms with E-state index in [0.717, 1.165) is 22.1 Å². The van der Waals surface area contributed by atoms with Gasteiger partial charge in [0.1, 0.15) is 11.5 Å². The van der Waals surface area contributed by atoms with E-state index in [1.165, 1.54) is 0 Å². The van der Waals surface area contributed by atoms with Gasteiger partial charge in [-0.3, -0.25) is 5.43 Å². The molecule has 5 nitrogen and oxygen atoms in total. The molecule has 6 heteroatoms. The van der Waals surface area contributed by atoms with Crippen molar-refractivity contribution < 1.29 is 4.74 Å². The number of anilines is 1. The number of rotatable bonds is 5. The third-order valence-corrected chi connectivity index (χ3v) is 4.11. The van der Waals surface area contributed by atoms with Crippen LogP contribution in [0.25, 0.3) is 10.8 Å². The average Bonchev–Trinajstić information content (AvgIpc) is 2.70. The van der Waals surface area contributed by atoms with Crippen LogP contribution in [0, 0.1) is 0 Å². The molecule has 1 heterocycles. The van der Waals surface area contributed by atoms with Crippen LogP contribution < -0.4 is 10.2 Å². The minimum Gasteiger partial charge on any atom is -0.457 e. The predicted octanol–water partition coefficient (Wildman–Crippen LogP) is 5.52. The summed E-state index contributed by atoms with van der Waals surface area (Å²) in [5.41, 5.74) is 3.84. The van der Waals surface area contributed by atoms with Gasteiger partial charge in [-0.15, -0.1) is 5.10 Å². The number of hydrazone groups is 1. The molecule has 1 N–H and O–H groups in total. The highest BCUT2D eigenvalue weighted by molar-refractivity contribution is 6.30.